The third kappa shape index (κ3) is 6.18. The Morgan fingerprint density at radius 2 is 1.94 bits per heavy atom. The van der Waals surface area contributed by atoms with Gasteiger partial charge < -0.3 is 19.0 Å². The predicted octanol–water partition coefficient (Wildman–Crippen LogP) is 4.21. The largest absolute Gasteiger partial charge is 0.453 e. The van der Waals surface area contributed by atoms with E-state index in [0.29, 0.717) is 18.3 Å². The molecule has 0 bridgehead atoms. The first-order valence-corrected chi connectivity index (χ1v) is 12.4. The fraction of sp³-hybridized carbons (Fsp3) is 0.519. The number of carbonyl (C=O) groups is 1. The molecule has 0 fully saturated rings. The molecule has 2 aromatic heterocycles. The van der Waals surface area contributed by atoms with E-state index in [1.54, 1.807) is 19.2 Å². The maximum Gasteiger partial charge on any atom is 0.287 e. The first-order valence-electron chi connectivity index (χ1n) is 12.4. The number of amides is 1. The molecule has 3 heterocycles. The van der Waals surface area contributed by atoms with Gasteiger partial charge in [-0.2, -0.15) is 0 Å². The molecule has 188 valence electrons. The number of hydrogen-bond acceptors (Lipinski definition) is 6. The fourth-order valence-electron chi connectivity index (χ4n) is 4.61. The highest BCUT2D eigenvalue weighted by molar-refractivity contribution is 5.91. The summed E-state index contributed by atoms with van der Waals surface area (Å²) in [7, 11) is 1.60. The van der Waals surface area contributed by atoms with Crippen molar-refractivity contribution in [1.82, 2.24) is 25.0 Å². The molecule has 0 spiro atoms. The van der Waals surface area contributed by atoms with Crippen LogP contribution in [0.25, 0.3) is 0 Å². The first kappa shape index (κ1) is 25.1. The Balaban J connectivity index is 1.47. The van der Waals surface area contributed by atoms with Gasteiger partial charge in [0.1, 0.15) is 18.2 Å². The van der Waals surface area contributed by atoms with E-state index in [9.17, 15) is 4.79 Å². The standard InChI is InChI=1S/C27H37N5O3/c1-18(2)14-23(28-27(33)24-9-8-22(35-24)17-34-5)26-30-29-25-10-11-31(12-13-32(25)26)16-21-7-6-19(3)20(4)15-21/h6-9,15,18,23H,10-14,16-17H2,1-5H3,(H,28,33). The molecule has 8 heteroatoms. The number of carbonyl (C=O) groups excluding carboxylic acids is 1. The monoisotopic (exact) mass is 479 g/mol. The summed E-state index contributed by atoms with van der Waals surface area (Å²) in [5.74, 6) is 2.82. The highest BCUT2D eigenvalue weighted by Crippen LogP contribution is 2.24. The maximum absolute atomic E-state index is 13.0. The van der Waals surface area contributed by atoms with Gasteiger partial charge in [-0.05, 0) is 55.0 Å². The molecule has 1 aliphatic heterocycles. The van der Waals surface area contributed by atoms with Gasteiger partial charge in [0.15, 0.2) is 11.6 Å². The molecule has 0 saturated carbocycles. The number of rotatable bonds is 9. The van der Waals surface area contributed by atoms with Crippen LogP contribution in [-0.4, -0.2) is 45.8 Å². The molecule has 0 radical (unpaired) electrons. The molecule has 1 amide bonds. The SMILES string of the molecule is COCc1ccc(C(=O)NC(CC(C)C)c2nnc3n2CCN(Cc2ccc(C)c(C)c2)CC3)o1. The molecule has 0 saturated heterocycles. The van der Waals surface area contributed by atoms with Crippen LogP contribution in [0.2, 0.25) is 0 Å². The second-order valence-corrected chi connectivity index (χ2v) is 9.93. The number of aryl methyl sites for hydroxylation is 2. The summed E-state index contributed by atoms with van der Waals surface area (Å²) in [6, 6.07) is 9.91. The average Bonchev–Trinajstić information content (AvgIpc) is 3.40. The van der Waals surface area contributed by atoms with Gasteiger partial charge in [0.25, 0.3) is 5.91 Å². The van der Waals surface area contributed by atoms with Gasteiger partial charge in [-0.1, -0.05) is 32.0 Å². The Kier molecular flexibility index (Phi) is 8.03. The number of fused-ring (bicyclic) bond motifs is 1. The predicted molar refractivity (Wildman–Crippen MR) is 134 cm³/mol. The average molecular weight is 480 g/mol. The van der Waals surface area contributed by atoms with Gasteiger partial charge in [0, 0.05) is 39.7 Å². The van der Waals surface area contributed by atoms with Crippen LogP contribution < -0.4 is 5.32 Å². The van der Waals surface area contributed by atoms with E-state index in [1.165, 1.54) is 16.7 Å². The van der Waals surface area contributed by atoms with Crippen molar-refractivity contribution in [3.63, 3.8) is 0 Å². The summed E-state index contributed by atoms with van der Waals surface area (Å²) in [4.78, 5) is 15.5. The van der Waals surface area contributed by atoms with E-state index in [2.05, 4.69) is 70.9 Å². The number of methoxy groups -OCH3 is 1. The number of nitrogens with zero attached hydrogens (tertiary/aromatic N) is 4. The molecular formula is C27H37N5O3. The molecule has 1 aliphatic rings. The summed E-state index contributed by atoms with van der Waals surface area (Å²) in [5, 5.41) is 12.2. The lowest BCUT2D eigenvalue weighted by Gasteiger charge is -2.22. The van der Waals surface area contributed by atoms with Crippen LogP contribution >= 0.6 is 0 Å². The topological polar surface area (TPSA) is 85.4 Å². The van der Waals surface area contributed by atoms with Crippen LogP contribution in [0.4, 0.5) is 0 Å². The van der Waals surface area contributed by atoms with Gasteiger partial charge in [-0.15, -0.1) is 10.2 Å². The molecule has 1 aromatic carbocycles. The summed E-state index contributed by atoms with van der Waals surface area (Å²) < 4.78 is 12.9. The number of furan rings is 1. The number of hydrogen-bond donors (Lipinski definition) is 1. The quantitative estimate of drug-likeness (QED) is 0.495. The Hall–Kier alpha value is -2.97. The normalized spacial score (nSPS) is 15.1. The summed E-state index contributed by atoms with van der Waals surface area (Å²) in [6.45, 7) is 12.5. The number of ether oxygens (including phenoxy) is 1. The smallest absolute Gasteiger partial charge is 0.287 e. The fourth-order valence-corrected chi connectivity index (χ4v) is 4.61. The highest BCUT2D eigenvalue weighted by atomic mass is 16.5. The zero-order valence-electron chi connectivity index (χ0n) is 21.5. The minimum absolute atomic E-state index is 0.244. The van der Waals surface area contributed by atoms with Crippen molar-refractivity contribution in [1.29, 1.82) is 0 Å². The second-order valence-electron chi connectivity index (χ2n) is 9.93. The molecule has 35 heavy (non-hydrogen) atoms. The van der Waals surface area contributed by atoms with Crippen molar-refractivity contribution in [2.45, 2.75) is 66.3 Å². The van der Waals surface area contributed by atoms with E-state index in [-0.39, 0.29) is 17.7 Å². The zero-order valence-corrected chi connectivity index (χ0v) is 21.5. The lowest BCUT2D eigenvalue weighted by molar-refractivity contribution is 0.0892. The van der Waals surface area contributed by atoms with Crippen LogP contribution in [0.1, 0.15) is 71.0 Å². The van der Waals surface area contributed by atoms with Crippen LogP contribution in [0.5, 0.6) is 0 Å². The zero-order chi connectivity index (χ0) is 24.9. The van der Waals surface area contributed by atoms with Crippen molar-refractivity contribution >= 4 is 5.91 Å². The van der Waals surface area contributed by atoms with Crippen molar-refractivity contribution in [2.24, 2.45) is 5.92 Å². The van der Waals surface area contributed by atoms with Gasteiger partial charge in [0.2, 0.25) is 0 Å². The molecule has 1 unspecified atom stereocenters. The van der Waals surface area contributed by atoms with E-state index in [1.807, 2.05) is 0 Å². The Morgan fingerprint density at radius 1 is 1.11 bits per heavy atom. The molecule has 1 N–H and O–H groups in total. The summed E-state index contributed by atoms with van der Waals surface area (Å²) in [6.07, 6.45) is 1.60. The number of benzene rings is 1. The van der Waals surface area contributed by atoms with Crippen LogP contribution in [0.15, 0.2) is 34.7 Å². The molecule has 1 atom stereocenters. The van der Waals surface area contributed by atoms with Crippen LogP contribution in [-0.2, 0) is 30.9 Å². The van der Waals surface area contributed by atoms with Gasteiger partial charge in [0.05, 0.1) is 6.04 Å². The van der Waals surface area contributed by atoms with Crippen molar-refractivity contribution in [3.05, 3.63) is 70.2 Å². The Morgan fingerprint density at radius 3 is 2.69 bits per heavy atom. The van der Waals surface area contributed by atoms with Crippen molar-refractivity contribution in [2.75, 3.05) is 20.2 Å². The highest BCUT2D eigenvalue weighted by Gasteiger charge is 2.27. The maximum atomic E-state index is 13.0. The summed E-state index contributed by atoms with van der Waals surface area (Å²) >= 11 is 0. The molecular weight excluding hydrogens is 442 g/mol. The van der Waals surface area contributed by atoms with E-state index < -0.39 is 0 Å². The Labute approximate surface area is 207 Å². The lowest BCUT2D eigenvalue weighted by atomic mass is 10.0. The van der Waals surface area contributed by atoms with E-state index in [4.69, 9.17) is 9.15 Å². The first-order chi connectivity index (χ1) is 16.8. The summed E-state index contributed by atoms with van der Waals surface area (Å²) in [5.41, 5.74) is 3.99. The molecule has 8 nitrogen and oxygen atoms in total. The molecule has 0 aliphatic carbocycles. The van der Waals surface area contributed by atoms with Gasteiger partial charge in [-0.25, -0.2) is 0 Å². The van der Waals surface area contributed by atoms with Gasteiger partial charge in [-0.3, -0.25) is 9.69 Å². The lowest BCUT2D eigenvalue weighted by Crippen LogP contribution is -2.32. The minimum atomic E-state index is -0.250. The number of nitrogens with one attached hydrogen (secondary N) is 1. The second kappa shape index (κ2) is 11.2. The Bertz CT molecular complexity index is 1150. The number of aromatic nitrogens is 3. The van der Waals surface area contributed by atoms with Crippen LogP contribution in [0, 0.1) is 19.8 Å². The minimum Gasteiger partial charge on any atom is -0.453 e. The molecule has 3 aromatic rings. The third-order valence-electron chi connectivity index (χ3n) is 6.62. The van der Waals surface area contributed by atoms with Gasteiger partial charge >= 0.3 is 0 Å². The van der Waals surface area contributed by atoms with E-state index in [0.717, 1.165) is 50.7 Å². The van der Waals surface area contributed by atoms with E-state index >= 15 is 0 Å². The molecule has 4 rings (SSSR count). The van der Waals surface area contributed by atoms with Crippen molar-refractivity contribution in [3.8, 4) is 0 Å². The van der Waals surface area contributed by atoms with Crippen molar-refractivity contribution < 1.29 is 13.9 Å². The van der Waals surface area contributed by atoms with Crippen LogP contribution in [0.3, 0.4) is 0 Å². The third-order valence-corrected chi connectivity index (χ3v) is 6.62.